The van der Waals surface area contributed by atoms with Crippen molar-refractivity contribution in [3.8, 4) is 0 Å². The van der Waals surface area contributed by atoms with E-state index in [1.165, 1.54) is 27.8 Å². The van der Waals surface area contributed by atoms with Crippen LogP contribution in [0.15, 0.2) is 24.5 Å². The van der Waals surface area contributed by atoms with Crippen LogP contribution in [0, 0.1) is 20.8 Å². The van der Waals surface area contributed by atoms with Crippen LogP contribution < -0.4 is 5.32 Å². The van der Waals surface area contributed by atoms with E-state index in [4.69, 9.17) is 0 Å². The van der Waals surface area contributed by atoms with Gasteiger partial charge < -0.3 is 5.32 Å². The zero-order valence-corrected chi connectivity index (χ0v) is 13.2. The van der Waals surface area contributed by atoms with Crippen LogP contribution >= 0.6 is 0 Å². The maximum atomic E-state index is 4.47. The highest BCUT2D eigenvalue weighted by Gasteiger charge is 2.06. The van der Waals surface area contributed by atoms with Crippen LogP contribution in [-0.2, 0) is 13.1 Å². The van der Waals surface area contributed by atoms with Crippen LogP contribution in [0.25, 0.3) is 0 Å². The molecule has 0 bridgehead atoms. The number of nitrogens with zero attached hydrogens (tertiary/aromatic N) is 2. The minimum Gasteiger partial charge on any atom is -0.310 e. The first kappa shape index (κ1) is 14.8. The van der Waals surface area contributed by atoms with Gasteiger partial charge in [-0.3, -0.25) is 4.68 Å². The first-order chi connectivity index (χ1) is 9.45. The third-order valence-corrected chi connectivity index (χ3v) is 3.56. The van der Waals surface area contributed by atoms with E-state index in [0.29, 0.717) is 6.04 Å². The molecule has 0 aliphatic carbocycles. The molecule has 1 aromatic carbocycles. The SMILES string of the molecule is Cc1cc(C)c(Cn2cc(CNC(C)C)cn2)c(C)c1. The molecule has 0 aliphatic rings. The second-order valence-corrected chi connectivity index (χ2v) is 5.96. The Balaban J connectivity index is 2.11. The van der Waals surface area contributed by atoms with Gasteiger partial charge >= 0.3 is 0 Å². The fourth-order valence-corrected chi connectivity index (χ4v) is 2.53. The Morgan fingerprint density at radius 2 is 1.80 bits per heavy atom. The van der Waals surface area contributed by atoms with Gasteiger partial charge in [0.1, 0.15) is 0 Å². The van der Waals surface area contributed by atoms with Crippen LogP contribution in [0.3, 0.4) is 0 Å². The Hall–Kier alpha value is -1.61. The van der Waals surface area contributed by atoms with Crippen molar-refractivity contribution in [1.82, 2.24) is 15.1 Å². The van der Waals surface area contributed by atoms with Crippen LogP contribution in [0.5, 0.6) is 0 Å². The molecule has 0 fully saturated rings. The molecule has 3 nitrogen and oxygen atoms in total. The van der Waals surface area contributed by atoms with Gasteiger partial charge in [0.05, 0.1) is 12.7 Å². The number of hydrogen-bond acceptors (Lipinski definition) is 2. The molecule has 1 aromatic heterocycles. The smallest absolute Gasteiger partial charge is 0.0664 e. The molecule has 0 aliphatic heterocycles. The van der Waals surface area contributed by atoms with Crippen molar-refractivity contribution in [1.29, 1.82) is 0 Å². The topological polar surface area (TPSA) is 29.9 Å². The van der Waals surface area contributed by atoms with Crippen molar-refractivity contribution in [2.75, 3.05) is 0 Å². The summed E-state index contributed by atoms with van der Waals surface area (Å²) in [6.45, 7) is 12.5. The molecule has 2 rings (SSSR count). The summed E-state index contributed by atoms with van der Waals surface area (Å²) < 4.78 is 2.03. The monoisotopic (exact) mass is 271 g/mol. The van der Waals surface area contributed by atoms with Gasteiger partial charge in [-0.1, -0.05) is 31.5 Å². The standard InChI is InChI=1S/C17H25N3/c1-12(2)18-8-16-9-19-20(10-16)11-17-14(4)6-13(3)7-15(17)5/h6-7,9-10,12,18H,8,11H2,1-5H3. The number of hydrogen-bond donors (Lipinski definition) is 1. The van der Waals surface area contributed by atoms with Gasteiger partial charge in [0, 0.05) is 24.3 Å². The number of nitrogens with one attached hydrogen (secondary N) is 1. The summed E-state index contributed by atoms with van der Waals surface area (Å²) in [5.41, 5.74) is 6.63. The highest BCUT2D eigenvalue weighted by Crippen LogP contribution is 2.17. The van der Waals surface area contributed by atoms with Gasteiger partial charge in [0.25, 0.3) is 0 Å². The predicted octanol–water partition coefficient (Wildman–Crippen LogP) is 3.35. The zero-order valence-electron chi connectivity index (χ0n) is 13.2. The van der Waals surface area contributed by atoms with E-state index in [-0.39, 0.29) is 0 Å². The summed E-state index contributed by atoms with van der Waals surface area (Å²) in [6.07, 6.45) is 4.09. The van der Waals surface area contributed by atoms with Crippen molar-refractivity contribution < 1.29 is 0 Å². The summed E-state index contributed by atoms with van der Waals surface area (Å²) in [5, 5.41) is 7.89. The van der Waals surface area contributed by atoms with Crippen LogP contribution in [-0.4, -0.2) is 15.8 Å². The van der Waals surface area contributed by atoms with E-state index in [9.17, 15) is 0 Å². The molecule has 0 unspecified atom stereocenters. The van der Waals surface area contributed by atoms with E-state index in [1.807, 2.05) is 10.9 Å². The average Bonchev–Trinajstić information content (AvgIpc) is 2.79. The second kappa shape index (κ2) is 6.23. The Morgan fingerprint density at radius 3 is 2.40 bits per heavy atom. The van der Waals surface area contributed by atoms with Gasteiger partial charge in [-0.15, -0.1) is 0 Å². The van der Waals surface area contributed by atoms with Crippen molar-refractivity contribution in [3.05, 3.63) is 52.3 Å². The minimum atomic E-state index is 0.500. The highest BCUT2D eigenvalue weighted by molar-refractivity contribution is 5.37. The molecule has 0 spiro atoms. The fraction of sp³-hybridized carbons (Fsp3) is 0.471. The zero-order chi connectivity index (χ0) is 14.7. The van der Waals surface area contributed by atoms with Crippen molar-refractivity contribution in [2.45, 2.75) is 53.8 Å². The molecule has 2 aromatic rings. The van der Waals surface area contributed by atoms with E-state index >= 15 is 0 Å². The lowest BCUT2D eigenvalue weighted by Gasteiger charge is -2.11. The fourth-order valence-electron chi connectivity index (χ4n) is 2.53. The third kappa shape index (κ3) is 3.70. The van der Waals surface area contributed by atoms with Crippen molar-refractivity contribution in [3.63, 3.8) is 0 Å². The van der Waals surface area contributed by atoms with Crippen LogP contribution in [0.4, 0.5) is 0 Å². The summed E-state index contributed by atoms with van der Waals surface area (Å²) in [5.74, 6) is 0. The van der Waals surface area contributed by atoms with Crippen molar-refractivity contribution >= 4 is 0 Å². The third-order valence-electron chi connectivity index (χ3n) is 3.56. The molecule has 20 heavy (non-hydrogen) atoms. The molecule has 3 heteroatoms. The quantitative estimate of drug-likeness (QED) is 0.903. The molecule has 0 saturated carbocycles. The Kier molecular flexibility index (Phi) is 4.61. The average molecular weight is 271 g/mol. The first-order valence-corrected chi connectivity index (χ1v) is 7.27. The Bertz CT molecular complexity index is 559. The molecule has 1 N–H and O–H groups in total. The molecule has 0 amide bonds. The van der Waals surface area contributed by atoms with Crippen LogP contribution in [0.2, 0.25) is 0 Å². The summed E-state index contributed by atoms with van der Waals surface area (Å²) >= 11 is 0. The molecule has 0 radical (unpaired) electrons. The predicted molar refractivity (Wildman–Crippen MR) is 84.0 cm³/mol. The lowest BCUT2D eigenvalue weighted by Crippen LogP contribution is -2.21. The minimum absolute atomic E-state index is 0.500. The van der Waals surface area contributed by atoms with Gasteiger partial charge in [-0.25, -0.2) is 0 Å². The summed E-state index contributed by atoms with van der Waals surface area (Å²) in [7, 11) is 0. The number of benzene rings is 1. The number of aryl methyl sites for hydroxylation is 3. The second-order valence-electron chi connectivity index (χ2n) is 5.96. The van der Waals surface area contributed by atoms with E-state index in [1.54, 1.807) is 0 Å². The molecular weight excluding hydrogens is 246 g/mol. The molecule has 0 atom stereocenters. The number of rotatable bonds is 5. The van der Waals surface area contributed by atoms with Gasteiger partial charge in [0.2, 0.25) is 0 Å². The van der Waals surface area contributed by atoms with Crippen molar-refractivity contribution in [2.24, 2.45) is 0 Å². The van der Waals surface area contributed by atoms with Gasteiger partial charge in [-0.05, 0) is 37.5 Å². The van der Waals surface area contributed by atoms with Gasteiger partial charge in [0.15, 0.2) is 0 Å². The summed E-state index contributed by atoms with van der Waals surface area (Å²) in [4.78, 5) is 0. The maximum Gasteiger partial charge on any atom is 0.0664 e. The molecule has 1 heterocycles. The lowest BCUT2D eigenvalue weighted by molar-refractivity contribution is 0.588. The molecule has 0 saturated heterocycles. The van der Waals surface area contributed by atoms with Crippen LogP contribution in [0.1, 0.15) is 41.7 Å². The lowest BCUT2D eigenvalue weighted by atomic mass is 10.00. The molecular formula is C17H25N3. The maximum absolute atomic E-state index is 4.47. The Morgan fingerprint density at radius 1 is 1.15 bits per heavy atom. The first-order valence-electron chi connectivity index (χ1n) is 7.27. The van der Waals surface area contributed by atoms with E-state index < -0.39 is 0 Å². The molecule has 108 valence electrons. The highest BCUT2D eigenvalue weighted by atomic mass is 15.3. The van der Waals surface area contributed by atoms with E-state index in [2.05, 4.69) is 63.4 Å². The van der Waals surface area contributed by atoms with E-state index in [0.717, 1.165) is 13.1 Å². The summed E-state index contributed by atoms with van der Waals surface area (Å²) in [6, 6.07) is 4.99. The van der Waals surface area contributed by atoms with Gasteiger partial charge in [-0.2, -0.15) is 5.10 Å². The largest absolute Gasteiger partial charge is 0.310 e. The Labute approximate surface area is 122 Å². The normalized spacial score (nSPS) is 11.3. The number of aromatic nitrogens is 2.